The molecular formula is C16H16N4O. The maximum atomic E-state index is 10.5. The summed E-state index contributed by atoms with van der Waals surface area (Å²) in [6.45, 7) is 0. The van der Waals surface area contributed by atoms with Gasteiger partial charge in [-0.1, -0.05) is 18.2 Å². The van der Waals surface area contributed by atoms with Crippen molar-refractivity contribution in [3.8, 4) is 5.69 Å². The summed E-state index contributed by atoms with van der Waals surface area (Å²) in [5, 5.41) is 10.5. The van der Waals surface area contributed by atoms with Gasteiger partial charge in [-0.25, -0.2) is 9.97 Å². The summed E-state index contributed by atoms with van der Waals surface area (Å²) >= 11 is 0. The van der Waals surface area contributed by atoms with Crippen LogP contribution in [-0.2, 0) is 7.05 Å². The molecule has 2 unspecified atom stereocenters. The highest BCUT2D eigenvalue weighted by molar-refractivity contribution is 5.53. The second-order valence-electron chi connectivity index (χ2n) is 5.52. The molecule has 0 spiro atoms. The van der Waals surface area contributed by atoms with Gasteiger partial charge in [0, 0.05) is 25.4 Å². The fourth-order valence-corrected chi connectivity index (χ4v) is 3.12. The smallest absolute Gasteiger partial charge is 0.0994 e. The van der Waals surface area contributed by atoms with E-state index in [2.05, 4.69) is 26.7 Å². The summed E-state index contributed by atoms with van der Waals surface area (Å²) in [7, 11) is 1.91. The van der Waals surface area contributed by atoms with Gasteiger partial charge in [-0.2, -0.15) is 0 Å². The first-order valence-corrected chi connectivity index (χ1v) is 7.01. The molecular weight excluding hydrogens is 264 g/mol. The third kappa shape index (κ3) is 1.89. The van der Waals surface area contributed by atoms with Crippen molar-refractivity contribution in [3.63, 3.8) is 0 Å². The van der Waals surface area contributed by atoms with Gasteiger partial charge >= 0.3 is 0 Å². The molecule has 0 aliphatic carbocycles. The molecule has 0 fully saturated rings. The lowest BCUT2D eigenvalue weighted by atomic mass is 9.91. The summed E-state index contributed by atoms with van der Waals surface area (Å²) in [5.74, 6) is 0.153. The minimum absolute atomic E-state index is 0.153. The van der Waals surface area contributed by atoms with Crippen LogP contribution >= 0.6 is 0 Å². The Morgan fingerprint density at radius 2 is 2.14 bits per heavy atom. The van der Waals surface area contributed by atoms with Crippen LogP contribution in [-0.4, -0.2) is 24.2 Å². The predicted molar refractivity (Wildman–Crippen MR) is 78.2 cm³/mol. The van der Waals surface area contributed by atoms with Crippen molar-refractivity contribution in [2.45, 2.75) is 18.4 Å². The van der Waals surface area contributed by atoms with E-state index in [9.17, 15) is 5.11 Å². The highest BCUT2D eigenvalue weighted by atomic mass is 16.3. The van der Waals surface area contributed by atoms with Crippen LogP contribution in [0.25, 0.3) is 5.69 Å². The third-order valence-corrected chi connectivity index (χ3v) is 4.12. The van der Waals surface area contributed by atoms with Gasteiger partial charge in [0.25, 0.3) is 0 Å². The Hall–Kier alpha value is -2.40. The quantitative estimate of drug-likeness (QED) is 0.800. The largest absolute Gasteiger partial charge is 0.387 e. The molecule has 2 aromatic heterocycles. The number of fused-ring (bicyclic) bond motifs is 3. The SMILES string of the molecule is Cn1cnc(C(O)CC2c3ccccc3-n3cncc32)c1. The molecule has 3 aromatic rings. The molecule has 0 amide bonds. The van der Waals surface area contributed by atoms with Crippen molar-refractivity contribution in [2.24, 2.45) is 7.05 Å². The van der Waals surface area contributed by atoms with Gasteiger partial charge in [-0.3, -0.25) is 0 Å². The molecule has 3 heterocycles. The Balaban J connectivity index is 1.69. The average molecular weight is 280 g/mol. The van der Waals surface area contributed by atoms with Crippen LogP contribution in [0.5, 0.6) is 0 Å². The van der Waals surface area contributed by atoms with E-state index in [1.165, 1.54) is 5.56 Å². The van der Waals surface area contributed by atoms with Crippen LogP contribution in [0.3, 0.4) is 0 Å². The minimum Gasteiger partial charge on any atom is -0.387 e. The fraction of sp³-hybridized carbons (Fsp3) is 0.250. The van der Waals surface area contributed by atoms with Gasteiger partial charge in [0.1, 0.15) is 0 Å². The molecule has 21 heavy (non-hydrogen) atoms. The van der Waals surface area contributed by atoms with Gasteiger partial charge < -0.3 is 14.2 Å². The molecule has 4 rings (SSSR count). The van der Waals surface area contributed by atoms with Crippen molar-refractivity contribution in [2.75, 3.05) is 0 Å². The molecule has 2 atom stereocenters. The number of hydrogen-bond acceptors (Lipinski definition) is 3. The van der Waals surface area contributed by atoms with E-state index in [0.717, 1.165) is 11.4 Å². The molecule has 0 saturated heterocycles. The topological polar surface area (TPSA) is 55.9 Å². The average Bonchev–Trinajstić information content (AvgIpc) is 3.17. The third-order valence-electron chi connectivity index (χ3n) is 4.12. The van der Waals surface area contributed by atoms with E-state index >= 15 is 0 Å². The van der Waals surface area contributed by atoms with Crippen LogP contribution < -0.4 is 0 Å². The molecule has 5 nitrogen and oxygen atoms in total. The second kappa shape index (κ2) is 4.56. The molecule has 1 aliphatic heterocycles. The molecule has 1 aromatic carbocycles. The zero-order valence-electron chi connectivity index (χ0n) is 11.7. The predicted octanol–water partition coefficient (Wildman–Crippen LogP) is 2.17. The highest BCUT2D eigenvalue weighted by Crippen LogP contribution is 2.41. The van der Waals surface area contributed by atoms with Gasteiger partial charge in [0.05, 0.1) is 35.8 Å². The molecule has 1 aliphatic rings. The van der Waals surface area contributed by atoms with Crippen LogP contribution in [0.4, 0.5) is 0 Å². The Morgan fingerprint density at radius 3 is 2.95 bits per heavy atom. The Bertz CT molecular complexity index is 789. The van der Waals surface area contributed by atoms with Gasteiger partial charge in [-0.05, 0) is 18.1 Å². The van der Waals surface area contributed by atoms with Crippen LogP contribution in [0.1, 0.15) is 35.4 Å². The zero-order valence-corrected chi connectivity index (χ0v) is 11.7. The number of aliphatic hydroxyl groups is 1. The number of benzene rings is 1. The van der Waals surface area contributed by atoms with Gasteiger partial charge in [0.15, 0.2) is 0 Å². The van der Waals surface area contributed by atoms with Crippen molar-refractivity contribution in [1.82, 2.24) is 19.1 Å². The van der Waals surface area contributed by atoms with Crippen molar-refractivity contribution >= 4 is 0 Å². The summed E-state index contributed by atoms with van der Waals surface area (Å²) < 4.78 is 3.95. The first-order valence-electron chi connectivity index (χ1n) is 7.01. The Kier molecular flexibility index (Phi) is 2.68. The van der Waals surface area contributed by atoms with E-state index in [-0.39, 0.29) is 5.92 Å². The van der Waals surface area contributed by atoms with Gasteiger partial charge in [0.2, 0.25) is 0 Å². The number of rotatable bonds is 3. The molecule has 0 radical (unpaired) electrons. The maximum absolute atomic E-state index is 10.5. The van der Waals surface area contributed by atoms with E-state index in [1.54, 1.807) is 6.33 Å². The van der Waals surface area contributed by atoms with E-state index in [0.29, 0.717) is 12.1 Å². The van der Waals surface area contributed by atoms with Crippen molar-refractivity contribution in [3.05, 3.63) is 66.3 Å². The molecule has 1 N–H and O–H groups in total. The Labute approximate surface area is 122 Å². The summed E-state index contributed by atoms with van der Waals surface area (Å²) in [4.78, 5) is 8.49. The minimum atomic E-state index is -0.578. The number of aliphatic hydroxyl groups excluding tert-OH is 1. The standard InChI is InChI=1S/C16H16N4O/c1-19-8-13(18-10-19)16(21)6-12-11-4-2-3-5-14(11)20-9-17-7-15(12)20/h2-5,7-10,12,16,21H,6H2,1H3. The number of imidazole rings is 2. The summed E-state index contributed by atoms with van der Waals surface area (Å²) in [6.07, 6.45) is 7.33. The maximum Gasteiger partial charge on any atom is 0.0994 e. The molecule has 106 valence electrons. The molecule has 0 bridgehead atoms. The van der Waals surface area contributed by atoms with Crippen molar-refractivity contribution in [1.29, 1.82) is 0 Å². The highest BCUT2D eigenvalue weighted by Gasteiger charge is 2.31. The lowest BCUT2D eigenvalue weighted by Gasteiger charge is -2.15. The van der Waals surface area contributed by atoms with Gasteiger partial charge in [-0.15, -0.1) is 0 Å². The Morgan fingerprint density at radius 1 is 1.29 bits per heavy atom. The number of para-hydroxylation sites is 1. The number of aryl methyl sites for hydroxylation is 1. The number of hydrogen-bond donors (Lipinski definition) is 1. The van der Waals surface area contributed by atoms with E-state index < -0.39 is 6.10 Å². The first kappa shape index (κ1) is 12.3. The second-order valence-corrected chi connectivity index (χ2v) is 5.52. The van der Waals surface area contributed by atoms with E-state index in [4.69, 9.17) is 0 Å². The lowest BCUT2D eigenvalue weighted by Crippen LogP contribution is -2.06. The fourth-order valence-electron chi connectivity index (χ4n) is 3.12. The van der Waals surface area contributed by atoms with E-state index in [1.807, 2.05) is 42.5 Å². The number of nitrogens with zero attached hydrogens (tertiary/aromatic N) is 4. The normalized spacial score (nSPS) is 17.5. The number of aromatic nitrogens is 4. The lowest BCUT2D eigenvalue weighted by molar-refractivity contribution is 0.158. The van der Waals surface area contributed by atoms with Crippen LogP contribution in [0.2, 0.25) is 0 Å². The summed E-state index contributed by atoms with van der Waals surface area (Å²) in [6, 6.07) is 8.28. The van der Waals surface area contributed by atoms with Crippen LogP contribution in [0.15, 0.2) is 49.3 Å². The van der Waals surface area contributed by atoms with Crippen LogP contribution in [0, 0.1) is 0 Å². The monoisotopic (exact) mass is 280 g/mol. The zero-order chi connectivity index (χ0) is 14.4. The van der Waals surface area contributed by atoms with Crippen molar-refractivity contribution < 1.29 is 5.11 Å². The molecule has 5 heteroatoms. The first-order chi connectivity index (χ1) is 10.2. The molecule has 0 saturated carbocycles. The summed E-state index contributed by atoms with van der Waals surface area (Å²) in [5.41, 5.74) is 4.24.